The molecule has 2 aliphatic heterocycles. The first-order valence-electron chi connectivity index (χ1n) is 15.1. The molecule has 0 saturated carbocycles. The van der Waals surface area contributed by atoms with E-state index >= 15 is 0 Å². The van der Waals surface area contributed by atoms with Crippen LogP contribution in [0.1, 0.15) is 42.0 Å². The fraction of sp³-hybridized carbons (Fsp3) is 0.343. The fourth-order valence-electron chi connectivity index (χ4n) is 6.02. The standard InChI is InChI=1S/C35H38O12S/c1-6-26(15-16-48(38,39)40)46-29-18-25(17-28(42-4)33(29)43-5)34(31-20-44-21-45-31,23-9-7-22(2)8-10-23)30-19-32(36)47-35(30,37)24-11-13-27(41-3)14-12-24/h7-14,17-20,26,37H,6,15-16,21H2,1-5H3,(H,38,39,40). The minimum Gasteiger partial charge on any atom is -0.497 e. The van der Waals surface area contributed by atoms with Gasteiger partial charge in [0.15, 0.2) is 17.3 Å². The van der Waals surface area contributed by atoms with Gasteiger partial charge in [0.05, 0.1) is 33.2 Å². The predicted octanol–water partition coefficient (Wildman–Crippen LogP) is 4.92. The Hall–Kier alpha value is -4.72. The number of esters is 1. The van der Waals surface area contributed by atoms with Crippen molar-refractivity contribution in [3.8, 4) is 23.0 Å². The first kappa shape index (κ1) is 34.6. The van der Waals surface area contributed by atoms with E-state index in [4.69, 9.17) is 33.2 Å². The second-order valence-electron chi connectivity index (χ2n) is 11.3. The fourth-order valence-corrected chi connectivity index (χ4v) is 6.58. The van der Waals surface area contributed by atoms with Crippen LogP contribution in [0.25, 0.3) is 0 Å². The van der Waals surface area contributed by atoms with Crippen molar-refractivity contribution in [1.29, 1.82) is 0 Å². The van der Waals surface area contributed by atoms with E-state index in [-0.39, 0.29) is 47.4 Å². The van der Waals surface area contributed by atoms with Crippen LogP contribution in [0.2, 0.25) is 0 Å². The summed E-state index contributed by atoms with van der Waals surface area (Å²) in [7, 11) is 0.133. The minimum absolute atomic E-state index is 0.0129. The Morgan fingerprint density at radius 2 is 1.65 bits per heavy atom. The molecule has 3 atom stereocenters. The highest BCUT2D eigenvalue weighted by Gasteiger charge is 2.58. The number of rotatable bonds is 14. The summed E-state index contributed by atoms with van der Waals surface area (Å²) in [6, 6.07) is 17.2. The molecule has 3 aromatic rings. The van der Waals surface area contributed by atoms with Crippen molar-refractivity contribution < 1.29 is 56.0 Å². The largest absolute Gasteiger partial charge is 0.497 e. The average Bonchev–Trinajstić information content (AvgIpc) is 3.72. The first-order valence-corrected chi connectivity index (χ1v) is 16.7. The van der Waals surface area contributed by atoms with Crippen molar-refractivity contribution in [2.75, 3.05) is 33.9 Å². The van der Waals surface area contributed by atoms with Gasteiger partial charge in [-0.25, -0.2) is 4.79 Å². The molecule has 3 unspecified atom stereocenters. The third-order valence-corrected chi connectivity index (χ3v) is 9.16. The maximum absolute atomic E-state index is 13.3. The summed E-state index contributed by atoms with van der Waals surface area (Å²) in [6.07, 6.45) is 2.36. The van der Waals surface area contributed by atoms with Crippen LogP contribution in [0.5, 0.6) is 23.0 Å². The Morgan fingerprint density at radius 3 is 2.21 bits per heavy atom. The van der Waals surface area contributed by atoms with Gasteiger partial charge in [-0.2, -0.15) is 8.42 Å². The summed E-state index contributed by atoms with van der Waals surface area (Å²) in [4.78, 5) is 13.3. The Bertz CT molecular complexity index is 1820. The number of aryl methyl sites for hydroxylation is 1. The summed E-state index contributed by atoms with van der Waals surface area (Å²) in [5.41, 5.74) is 0.629. The molecule has 0 amide bonds. The molecule has 5 rings (SSSR count). The van der Waals surface area contributed by atoms with Gasteiger partial charge in [0.2, 0.25) is 12.5 Å². The third-order valence-electron chi connectivity index (χ3n) is 8.41. The number of carbonyl (C=O) groups is 1. The maximum Gasteiger partial charge on any atom is 0.334 e. The highest BCUT2D eigenvalue weighted by Crippen LogP contribution is 2.57. The van der Waals surface area contributed by atoms with Crippen LogP contribution in [0.3, 0.4) is 0 Å². The number of allylic oxidation sites excluding steroid dienone is 1. The molecule has 48 heavy (non-hydrogen) atoms. The number of aliphatic hydroxyl groups is 1. The van der Waals surface area contributed by atoms with Gasteiger partial charge in [-0.1, -0.05) is 36.8 Å². The Balaban J connectivity index is 1.83. The van der Waals surface area contributed by atoms with Crippen LogP contribution in [0.4, 0.5) is 0 Å². The Morgan fingerprint density at radius 1 is 0.958 bits per heavy atom. The van der Waals surface area contributed by atoms with E-state index in [9.17, 15) is 22.9 Å². The zero-order valence-electron chi connectivity index (χ0n) is 27.2. The lowest BCUT2D eigenvalue weighted by Gasteiger charge is -2.41. The number of methoxy groups -OCH3 is 3. The van der Waals surface area contributed by atoms with Crippen molar-refractivity contribution in [3.63, 3.8) is 0 Å². The molecule has 0 radical (unpaired) electrons. The van der Waals surface area contributed by atoms with Crippen LogP contribution in [-0.2, 0) is 40.3 Å². The smallest absolute Gasteiger partial charge is 0.334 e. The van der Waals surface area contributed by atoms with Crippen molar-refractivity contribution >= 4 is 16.1 Å². The van der Waals surface area contributed by atoms with E-state index in [1.54, 1.807) is 36.4 Å². The predicted molar refractivity (Wildman–Crippen MR) is 173 cm³/mol. The van der Waals surface area contributed by atoms with Gasteiger partial charge in [-0.15, -0.1) is 0 Å². The van der Waals surface area contributed by atoms with Gasteiger partial charge >= 0.3 is 5.97 Å². The Labute approximate surface area is 279 Å². The second-order valence-corrected chi connectivity index (χ2v) is 12.9. The van der Waals surface area contributed by atoms with Gasteiger partial charge in [-0.05, 0) is 60.9 Å². The summed E-state index contributed by atoms with van der Waals surface area (Å²) in [6.45, 7) is 3.60. The topological polar surface area (TPSA) is 156 Å². The number of cyclic esters (lactones) is 1. The van der Waals surface area contributed by atoms with E-state index in [2.05, 4.69) is 0 Å². The van der Waals surface area contributed by atoms with Crippen LogP contribution >= 0.6 is 0 Å². The van der Waals surface area contributed by atoms with Crippen LogP contribution in [0, 0.1) is 6.92 Å². The Kier molecular flexibility index (Phi) is 9.94. The van der Waals surface area contributed by atoms with Crippen molar-refractivity contribution in [3.05, 3.63) is 107 Å². The maximum atomic E-state index is 13.3. The minimum atomic E-state index is -4.26. The molecule has 12 nitrogen and oxygen atoms in total. The molecule has 0 fully saturated rings. The first-order chi connectivity index (χ1) is 22.9. The van der Waals surface area contributed by atoms with E-state index < -0.39 is 39.1 Å². The van der Waals surface area contributed by atoms with Gasteiger partial charge in [-0.3, -0.25) is 4.55 Å². The highest BCUT2D eigenvalue weighted by atomic mass is 32.2. The molecule has 0 aliphatic carbocycles. The SMILES string of the molecule is CCC(CCS(=O)(=O)O)Oc1cc(C(C2=COCO2)(C2=CC(=O)OC2(O)c2ccc(OC)cc2)c2ccc(C)cc2)cc(OC)c1OC. The summed E-state index contributed by atoms with van der Waals surface area (Å²) < 4.78 is 73.1. The molecule has 0 saturated heterocycles. The highest BCUT2D eigenvalue weighted by molar-refractivity contribution is 7.85. The molecule has 2 N–H and O–H groups in total. The normalized spacial score (nSPS) is 19.2. The van der Waals surface area contributed by atoms with Crippen LogP contribution in [0.15, 0.2) is 84.3 Å². The lowest BCUT2D eigenvalue weighted by molar-refractivity contribution is -0.187. The number of ether oxygens (including phenoxy) is 7. The summed E-state index contributed by atoms with van der Waals surface area (Å²) >= 11 is 0. The number of carbonyl (C=O) groups excluding carboxylic acids is 1. The van der Waals surface area contributed by atoms with E-state index in [1.165, 1.54) is 33.7 Å². The van der Waals surface area contributed by atoms with Gasteiger partial charge in [0, 0.05) is 23.6 Å². The van der Waals surface area contributed by atoms with Crippen LogP contribution in [-0.4, -0.2) is 64.0 Å². The van der Waals surface area contributed by atoms with Gasteiger partial charge in [0.25, 0.3) is 15.9 Å². The van der Waals surface area contributed by atoms with E-state index in [1.807, 2.05) is 38.1 Å². The van der Waals surface area contributed by atoms with Gasteiger partial charge < -0.3 is 38.3 Å². The number of hydrogen-bond acceptors (Lipinski definition) is 11. The second kappa shape index (κ2) is 13.8. The van der Waals surface area contributed by atoms with E-state index in [0.717, 1.165) is 5.56 Å². The molecular weight excluding hydrogens is 644 g/mol. The zero-order chi connectivity index (χ0) is 34.7. The molecule has 2 heterocycles. The molecule has 3 aromatic carbocycles. The number of hydrogen-bond donors (Lipinski definition) is 2. The van der Waals surface area contributed by atoms with Crippen molar-refractivity contribution in [2.24, 2.45) is 0 Å². The third kappa shape index (κ3) is 6.53. The number of benzene rings is 3. The van der Waals surface area contributed by atoms with Crippen molar-refractivity contribution in [2.45, 2.75) is 44.0 Å². The lowest BCUT2D eigenvalue weighted by atomic mass is 9.64. The quantitative estimate of drug-likeness (QED) is 0.175. The molecular formula is C35H38O12S. The average molecular weight is 683 g/mol. The lowest BCUT2D eigenvalue weighted by Crippen LogP contribution is -2.43. The summed E-state index contributed by atoms with van der Waals surface area (Å²) in [5.74, 6) is -2.27. The molecule has 13 heteroatoms. The molecule has 256 valence electrons. The van der Waals surface area contributed by atoms with Crippen molar-refractivity contribution in [1.82, 2.24) is 0 Å². The van der Waals surface area contributed by atoms with Gasteiger partial charge in [0.1, 0.15) is 17.4 Å². The molecule has 0 aromatic heterocycles. The molecule has 0 spiro atoms. The monoisotopic (exact) mass is 682 g/mol. The summed E-state index contributed by atoms with van der Waals surface area (Å²) in [5, 5.41) is 12.5. The molecule has 0 bridgehead atoms. The zero-order valence-corrected chi connectivity index (χ0v) is 28.0. The molecule has 2 aliphatic rings. The van der Waals surface area contributed by atoms with E-state index in [0.29, 0.717) is 23.3 Å². The van der Waals surface area contributed by atoms with Crippen LogP contribution < -0.4 is 18.9 Å².